The number of hydrogen-bond donors (Lipinski definition) is 1. The van der Waals surface area contributed by atoms with Gasteiger partial charge in [-0.25, -0.2) is 0 Å². The molecule has 1 aromatic carbocycles. The van der Waals surface area contributed by atoms with Gasteiger partial charge in [-0.3, -0.25) is 0 Å². The first-order chi connectivity index (χ1) is 7.90. The van der Waals surface area contributed by atoms with E-state index in [0.29, 0.717) is 11.8 Å². The standard InChI is InChI=1S/C14H17NS/c15-9-11-4-2-5-12(11)13-6-1-3-10-7-8-16-14(10)13/h1,3,6-8,11-12H,2,4-5,9,15H2. The molecule has 2 unspecified atom stereocenters. The van der Waals surface area contributed by atoms with Crippen LogP contribution in [0.5, 0.6) is 0 Å². The third-order valence-electron chi connectivity index (χ3n) is 3.87. The SMILES string of the molecule is NCC1CCCC1c1cccc2ccsc12. The summed E-state index contributed by atoms with van der Waals surface area (Å²) in [6.45, 7) is 0.840. The Kier molecular flexibility index (Phi) is 2.70. The molecule has 1 aliphatic rings. The number of thiophene rings is 1. The molecule has 0 spiro atoms. The van der Waals surface area contributed by atoms with E-state index < -0.39 is 0 Å². The zero-order chi connectivity index (χ0) is 11.0. The van der Waals surface area contributed by atoms with Gasteiger partial charge in [0.25, 0.3) is 0 Å². The minimum Gasteiger partial charge on any atom is -0.330 e. The van der Waals surface area contributed by atoms with Crippen LogP contribution in [0.4, 0.5) is 0 Å². The minimum atomic E-state index is 0.701. The monoisotopic (exact) mass is 231 g/mol. The summed E-state index contributed by atoms with van der Waals surface area (Å²) in [7, 11) is 0. The van der Waals surface area contributed by atoms with Crippen molar-refractivity contribution in [1.82, 2.24) is 0 Å². The molecule has 0 aliphatic heterocycles. The number of fused-ring (bicyclic) bond motifs is 1. The summed E-state index contributed by atoms with van der Waals surface area (Å²) in [4.78, 5) is 0. The molecule has 0 radical (unpaired) electrons. The molecule has 1 aromatic heterocycles. The van der Waals surface area contributed by atoms with Gasteiger partial charge in [0.05, 0.1) is 0 Å². The summed E-state index contributed by atoms with van der Waals surface area (Å²) < 4.78 is 1.48. The van der Waals surface area contributed by atoms with Gasteiger partial charge in [0.15, 0.2) is 0 Å². The van der Waals surface area contributed by atoms with Crippen LogP contribution in [0.2, 0.25) is 0 Å². The van der Waals surface area contributed by atoms with Crippen molar-refractivity contribution >= 4 is 21.4 Å². The summed E-state index contributed by atoms with van der Waals surface area (Å²) in [5.74, 6) is 1.40. The van der Waals surface area contributed by atoms with Crippen LogP contribution in [-0.4, -0.2) is 6.54 Å². The smallest absolute Gasteiger partial charge is 0.0377 e. The van der Waals surface area contributed by atoms with E-state index >= 15 is 0 Å². The van der Waals surface area contributed by atoms with E-state index in [1.807, 2.05) is 11.3 Å². The maximum absolute atomic E-state index is 5.88. The zero-order valence-electron chi connectivity index (χ0n) is 9.36. The molecule has 1 heterocycles. The van der Waals surface area contributed by atoms with Crippen LogP contribution in [0.3, 0.4) is 0 Å². The largest absolute Gasteiger partial charge is 0.330 e. The molecule has 1 fully saturated rings. The fraction of sp³-hybridized carbons (Fsp3) is 0.429. The van der Waals surface area contributed by atoms with Crippen LogP contribution in [0.1, 0.15) is 30.7 Å². The van der Waals surface area contributed by atoms with E-state index in [-0.39, 0.29) is 0 Å². The molecule has 2 aromatic rings. The Morgan fingerprint density at radius 2 is 2.19 bits per heavy atom. The van der Waals surface area contributed by atoms with Gasteiger partial charge in [-0.2, -0.15) is 0 Å². The molecule has 3 rings (SSSR count). The predicted molar refractivity (Wildman–Crippen MR) is 71.0 cm³/mol. The van der Waals surface area contributed by atoms with Crippen molar-refractivity contribution in [1.29, 1.82) is 0 Å². The Hall–Kier alpha value is -0.860. The van der Waals surface area contributed by atoms with Crippen LogP contribution >= 0.6 is 11.3 Å². The van der Waals surface area contributed by atoms with E-state index in [4.69, 9.17) is 5.73 Å². The van der Waals surface area contributed by atoms with E-state index in [0.717, 1.165) is 6.54 Å². The highest BCUT2D eigenvalue weighted by atomic mass is 32.1. The first-order valence-corrected chi connectivity index (χ1v) is 6.94. The summed E-state index contributed by atoms with van der Waals surface area (Å²) in [6, 6.07) is 8.92. The third-order valence-corrected chi connectivity index (χ3v) is 4.85. The topological polar surface area (TPSA) is 26.0 Å². The molecular formula is C14H17NS. The third kappa shape index (κ3) is 1.57. The molecule has 1 saturated carbocycles. The van der Waals surface area contributed by atoms with Crippen LogP contribution < -0.4 is 5.73 Å². The van der Waals surface area contributed by atoms with Crippen LogP contribution in [-0.2, 0) is 0 Å². The van der Waals surface area contributed by atoms with Crippen molar-refractivity contribution < 1.29 is 0 Å². The lowest BCUT2D eigenvalue weighted by atomic mass is 9.88. The van der Waals surface area contributed by atoms with Gasteiger partial charge in [0.1, 0.15) is 0 Å². The summed E-state index contributed by atoms with van der Waals surface area (Å²) in [6.07, 6.45) is 3.97. The first kappa shape index (κ1) is 10.3. The van der Waals surface area contributed by atoms with Crippen molar-refractivity contribution in [2.75, 3.05) is 6.54 Å². The Labute approximate surface area is 100 Å². The Morgan fingerprint density at radius 1 is 1.25 bits per heavy atom. The lowest BCUT2D eigenvalue weighted by molar-refractivity contribution is 0.499. The predicted octanol–water partition coefficient (Wildman–Crippen LogP) is 3.74. The van der Waals surface area contributed by atoms with Crippen LogP contribution in [0.15, 0.2) is 29.6 Å². The Balaban J connectivity index is 2.07. The number of benzene rings is 1. The zero-order valence-corrected chi connectivity index (χ0v) is 10.2. The van der Waals surface area contributed by atoms with Crippen molar-refractivity contribution in [3.63, 3.8) is 0 Å². The van der Waals surface area contributed by atoms with E-state index in [9.17, 15) is 0 Å². The molecule has 0 amide bonds. The van der Waals surface area contributed by atoms with Gasteiger partial charge >= 0.3 is 0 Å². The second-order valence-corrected chi connectivity index (χ2v) is 5.64. The van der Waals surface area contributed by atoms with Gasteiger partial charge in [0, 0.05) is 4.70 Å². The molecule has 2 heteroatoms. The normalized spacial score (nSPS) is 25.3. The van der Waals surface area contributed by atoms with Crippen LogP contribution in [0, 0.1) is 5.92 Å². The van der Waals surface area contributed by atoms with Gasteiger partial charge < -0.3 is 5.73 Å². The Bertz CT molecular complexity index is 488. The van der Waals surface area contributed by atoms with Crippen molar-refractivity contribution in [3.05, 3.63) is 35.2 Å². The summed E-state index contributed by atoms with van der Waals surface area (Å²) >= 11 is 1.87. The maximum atomic E-state index is 5.88. The van der Waals surface area contributed by atoms with Crippen LogP contribution in [0.25, 0.3) is 10.1 Å². The summed E-state index contributed by atoms with van der Waals surface area (Å²) in [5.41, 5.74) is 7.43. The fourth-order valence-electron chi connectivity index (χ4n) is 3.04. The quantitative estimate of drug-likeness (QED) is 0.837. The van der Waals surface area contributed by atoms with E-state index in [1.54, 1.807) is 5.56 Å². The molecule has 16 heavy (non-hydrogen) atoms. The van der Waals surface area contributed by atoms with E-state index in [1.165, 1.54) is 29.3 Å². The highest BCUT2D eigenvalue weighted by molar-refractivity contribution is 7.17. The first-order valence-electron chi connectivity index (χ1n) is 6.06. The van der Waals surface area contributed by atoms with Gasteiger partial charge in [-0.1, -0.05) is 24.6 Å². The molecule has 0 bridgehead atoms. The molecule has 84 valence electrons. The van der Waals surface area contributed by atoms with Crippen molar-refractivity contribution in [2.24, 2.45) is 11.7 Å². The average molecular weight is 231 g/mol. The molecular weight excluding hydrogens is 214 g/mol. The fourth-order valence-corrected chi connectivity index (χ4v) is 4.01. The van der Waals surface area contributed by atoms with Crippen molar-refractivity contribution in [2.45, 2.75) is 25.2 Å². The minimum absolute atomic E-state index is 0.701. The van der Waals surface area contributed by atoms with Gasteiger partial charge in [-0.05, 0) is 53.6 Å². The lowest BCUT2D eigenvalue weighted by Gasteiger charge is -2.18. The lowest BCUT2D eigenvalue weighted by Crippen LogP contribution is -2.17. The molecule has 1 nitrogen and oxygen atoms in total. The highest BCUT2D eigenvalue weighted by Gasteiger charge is 2.28. The highest BCUT2D eigenvalue weighted by Crippen LogP contribution is 2.42. The van der Waals surface area contributed by atoms with Crippen molar-refractivity contribution in [3.8, 4) is 0 Å². The summed E-state index contributed by atoms with van der Waals surface area (Å²) in [5, 5.41) is 3.59. The number of nitrogens with two attached hydrogens (primary N) is 1. The molecule has 1 aliphatic carbocycles. The van der Waals surface area contributed by atoms with Gasteiger partial charge in [-0.15, -0.1) is 11.3 Å². The maximum Gasteiger partial charge on any atom is 0.0377 e. The molecule has 0 saturated heterocycles. The van der Waals surface area contributed by atoms with Gasteiger partial charge in [0.2, 0.25) is 0 Å². The number of hydrogen-bond acceptors (Lipinski definition) is 2. The second-order valence-electron chi connectivity index (χ2n) is 4.72. The Morgan fingerprint density at radius 3 is 3.06 bits per heavy atom. The number of rotatable bonds is 2. The second kappa shape index (κ2) is 4.19. The molecule has 2 N–H and O–H groups in total. The average Bonchev–Trinajstić information content (AvgIpc) is 2.96. The molecule has 2 atom stereocenters. The van der Waals surface area contributed by atoms with E-state index in [2.05, 4.69) is 29.6 Å².